The summed E-state index contributed by atoms with van der Waals surface area (Å²) in [6.45, 7) is 3.09. The van der Waals surface area contributed by atoms with Crippen LogP contribution in [0.2, 0.25) is 0 Å². The molecule has 2 aliphatic heterocycles. The number of nitrogens with zero attached hydrogens (tertiary/aromatic N) is 4. The van der Waals surface area contributed by atoms with Crippen LogP contribution in [-0.2, 0) is 11.2 Å². The lowest BCUT2D eigenvalue weighted by molar-refractivity contribution is 0.0334. The van der Waals surface area contributed by atoms with Gasteiger partial charge in [0.2, 0.25) is 11.8 Å². The Labute approximate surface area is 144 Å². The molecule has 2 aromatic rings. The molecule has 25 heavy (non-hydrogen) atoms. The van der Waals surface area contributed by atoms with Crippen molar-refractivity contribution in [3.63, 3.8) is 0 Å². The van der Waals surface area contributed by atoms with Crippen LogP contribution < -0.4 is 0 Å². The van der Waals surface area contributed by atoms with Crippen molar-refractivity contribution in [2.24, 2.45) is 5.92 Å². The number of aryl methyl sites for hydroxylation is 1. The van der Waals surface area contributed by atoms with E-state index in [0.29, 0.717) is 48.8 Å². The molecule has 5 rings (SSSR count). The van der Waals surface area contributed by atoms with E-state index < -0.39 is 0 Å². The molecular formula is C17H20N4O4. The standard InChI is InChI=1S/C17H20N4O4/c1-9-18-19-16(23-9)5-12-4-11-7-21(8-15(11)24-12)17(22)13-6-14(25-20-13)10-2-3-10/h6,10-12,15H,2-5,7-8H2,1H3/t11-,12+,15+/m0/s1. The highest BCUT2D eigenvalue weighted by atomic mass is 16.5. The monoisotopic (exact) mass is 344 g/mol. The summed E-state index contributed by atoms with van der Waals surface area (Å²) in [5.74, 6) is 2.79. The first-order valence-corrected chi connectivity index (χ1v) is 8.86. The van der Waals surface area contributed by atoms with Crippen LogP contribution in [0.3, 0.4) is 0 Å². The third kappa shape index (κ3) is 2.84. The van der Waals surface area contributed by atoms with Crippen molar-refractivity contribution in [2.75, 3.05) is 13.1 Å². The van der Waals surface area contributed by atoms with Crippen LogP contribution in [0.5, 0.6) is 0 Å². The largest absolute Gasteiger partial charge is 0.426 e. The molecule has 2 aromatic heterocycles. The predicted molar refractivity (Wildman–Crippen MR) is 83.9 cm³/mol. The SMILES string of the molecule is Cc1nnc(C[C@H]2C[C@H]3CN(C(=O)c4cc(C5CC5)on4)C[C@H]3O2)o1. The second kappa shape index (κ2) is 5.66. The topological polar surface area (TPSA) is 94.5 Å². The van der Waals surface area contributed by atoms with Crippen molar-refractivity contribution in [2.45, 2.75) is 50.7 Å². The average Bonchev–Trinajstić information content (AvgIpc) is 2.93. The van der Waals surface area contributed by atoms with Gasteiger partial charge in [0.1, 0.15) is 5.76 Å². The zero-order valence-electron chi connectivity index (χ0n) is 14.1. The van der Waals surface area contributed by atoms with Crippen molar-refractivity contribution >= 4 is 5.91 Å². The molecule has 0 N–H and O–H groups in total. The van der Waals surface area contributed by atoms with Crippen LogP contribution in [0.25, 0.3) is 0 Å². The Morgan fingerprint density at radius 2 is 2.20 bits per heavy atom. The van der Waals surface area contributed by atoms with Crippen LogP contribution >= 0.6 is 0 Å². The number of amides is 1. The fraction of sp³-hybridized carbons (Fsp3) is 0.647. The Morgan fingerprint density at radius 3 is 2.92 bits per heavy atom. The Hall–Kier alpha value is -2.22. The minimum Gasteiger partial charge on any atom is -0.426 e. The minimum absolute atomic E-state index is 0.0577. The van der Waals surface area contributed by atoms with E-state index in [4.69, 9.17) is 13.7 Å². The van der Waals surface area contributed by atoms with E-state index >= 15 is 0 Å². The summed E-state index contributed by atoms with van der Waals surface area (Å²) in [6, 6.07) is 1.80. The number of hydrogen-bond donors (Lipinski definition) is 0. The summed E-state index contributed by atoms with van der Waals surface area (Å²) in [4.78, 5) is 14.5. The molecule has 132 valence electrons. The molecule has 3 fully saturated rings. The van der Waals surface area contributed by atoms with Gasteiger partial charge in [0.15, 0.2) is 5.69 Å². The van der Waals surface area contributed by atoms with Gasteiger partial charge in [-0.25, -0.2) is 0 Å². The molecule has 3 aliphatic rings. The summed E-state index contributed by atoms with van der Waals surface area (Å²) in [7, 11) is 0. The first-order valence-electron chi connectivity index (χ1n) is 8.86. The number of carbonyl (C=O) groups is 1. The second-order valence-electron chi connectivity index (χ2n) is 7.31. The smallest absolute Gasteiger partial charge is 0.276 e. The molecule has 8 nitrogen and oxygen atoms in total. The molecule has 4 heterocycles. The fourth-order valence-electron chi connectivity index (χ4n) is 3.89. The zero-order chi connectivity index (χ0) is 17.0. The summed E-state index contributed by atoms with van der Waals surface area (Å²) in [5, 5.41) is 11.8. The molecule has 8 heteroatoms. The molecule has 0 radical (unpaired) electrons. The lowest BCUT2D eigenvalue weighted by Gasteiger charge is -2.17. The number of likely N-dealkylation sites (tertiary alicyclic amines) is 1. The molecule has 0 bridgehead atoms. The Balaban J connectivity index is 1.19. The average molecular weight is 344 g/mol. The van der Waals surface area contributed by atoms with Crippen molar-refractivity contribution < 1.29 is 18.5 Å². The third-order valence-corrected chi connectivity index (χ3v) is 5.30. The number of carbonyl (C=O) groups excluding carboxylic acids is 1. The van der Waals surface area contributed by atoms with Crippen molar-refractivity contribution in [1.29, 1.82) is 0 Å². The van der Waals surface area contributed by atoms with Gasteiger partial charge in [-0.3, -0.25) is 4.79 Å². The fourth-order valence-corrected chi connectivity index (χ4v) is 3.89. The highest BCUT2D eigenvalue weighted by molar-refractivity contribution is 5.92. The Bertz CT molecular complexity index is 782. The van der Waals surface area contributed by atoms with Gasteiger partial charge in [0, 0.05) is 37.9 Å². The number of hydrogen-bond acceptors (Lipinski definition) is 7. The normalized spacial score (nSPS) is 28.5. The van der Waals surface area contributed by atoms with E-state index in [-0.39, 0.29) is 18.1 Å². The summed E-state index contributed by atoms with van der Waals surface area (Å²) in [6.07, 6.45) is 3.96. The zero-order valence-corrected chi connectivity index (χ0v) is 14.1. The van der Waals surface area contributed by atoms with Crippen LogP contribution in [-0.4, -0.2) is 51.5 Å². The molecule has 3 atom stereocenters. The molecule has 0 spiro atoms. The Kier molecular flexibility index (Phi) is 3.41. The van der Waals surface area contributed by atoms with Crippen LogP contribution in [0.1, 0.15) is 53.2 Å². The van der Waals surface area contributed by atoms with Crippen molar-refractivity contribution in [1.82, 2.24) is 20.3 Å². The maximum absolute atomic E-state index is 12.6. The van der Waals surface area contributed by atoms with E-state index in [1.807, 2.05) is 4.90 Å². The first kappa shape index (κ1) is 15.1. The number of rotatable bonds is 4. The van der Waals surface area contributed by atoms with Gasteiger partial charge in [-0.15, -0.1) is 10.2 Å². The molecule has 1 amide bonds. The van der Waals surface area contributed by atoms with Gasteiger partial charge in [-0.1, -0.05) is 5.16 Å². The van der Waals surface area contributed by atoms with Crippen LogP contribution in [0.4, 0.5) is 0 Å². The van der Waals surface area contributed by atoms with Gasteiger partial charge in [-0.05, 0) is 19.3 Å². The first-order chi connectivity index (χ1) is 12.2. The molecule has 1 aliphatic carbocycles. The highest BCUT2D eigenvalue weighted by Crippen LogP contribution is 2.40. The minimum atomic E-state index is -0.0577. The van der Waals surface area contributed by atoms with E-state index in [2.05, 4.69) is 15.4 Å². The Morgan fingerprint density at radius 1 is 1.32 bits per heavy atom. The lowest BCUT2D eigenvalue weighted by Crippen LogP contribution is -2.31. The number of ether oxygens (including phenoxy) is 1. The molecule has 0 unspecified atom stereocenters. The quantitative estimate of drug-likeness (QED) is 0.833. The predicted octanol–water partition coefficient (Wildman–Crippen LogP) is 1.72. The van der Waals surface area contributed by atoms with Gasteiger partial charge in [-0.2, -0.15) is 0 Å². The molecule has 1 saturated carbocycles. The van der Waals surface area contributed by atoms with Crippen molar-refractivity contribution in [3.8, 4) is 0 Å². The molecule has 0 aromatic carbocycles. The lowest BCUT2D eigenvalue weighted by atomic mass is 10.0. The van der Waals surface area contributed by atoms with Crippen LogP contribution in [0, 0.1) is 12.8 Å². The summed E-state index contributed by atoms with van der Waals surface area (Å²) >= 11 is 0. The van der Waals surface area contributed by atoms with Crippen LogP contribution in [0.15, 0.2) is 15.0 Å². The summed E-state index contributed by atoms with van der Waals surface area (Å²) < 4.78 is 16.8. The van der Waals surface area contributed by atoms with E-state index in [1.165, 1.54) is 0 Å². The van der Waals surface area contributed by atoms with Gasteiger partial charge in [0.05, 0.1) is 18.6 Å². The molecular weight excluding hydrogens is 324 g/mol. The van der Waals surface area contributed by atoms with Gasteiger partial charge < -0.3 is 18.6 Å². The van der Waals surface area contributed by atoms with Gasteiger partial charge in [0.25, 0.3) is 5.91 Å². The summed E-state index contributed by atoms with van der Waals surface area (Å²) in [5.41, 5.74) is 0.416. The molecule has 2 saturated heterocycles. The third-order valence-electron chi connectivity index (χ3n) is 5.30. The maximum Gasteiger partial charge on any atom is 0.276 e. The maximum atomic E-state index is 12.6. The van der Waals surface area contributed by atoms with E-state index in [1.54, 1.807) is 13.0 Å². The highest BCUT2D eigenvalue weighted by Gasteiger charge is 2.44. The van der Waals surface area contributed by atoms with Crippen molar-refractivity contribution in [3.05, 3.63) is 29.3 Å². The number of fused-ring (bicyclic) bond motifs is 1. The number of aromatic nitrogens is 3. The van der Waals surface area contributed by atoms with E-state index in [9.17, 15) is 4.79 Å². The van der Waals surface area contributed by atoms with E-state index in [0.717, 1.165) is 25.0 Å². The van der Waals surface area contributed by atoms with Gasteiger partial charge >= 0.3 is 0 Å². The second-order valence-corrected chi connectivity index (χ2v) is 7.31.